The van der Waals surface area contributed by atoms with Gasteiger partial charge in [0, 0.05) is 0 Å². The highest BCUT2D eigenvalue weighted by Crippen LogP contribution is 2.24. The van der Waals surface area contributed by atoms with Crippen molar-refractivity contribution in [1.29, 1.82) is 0 Å². The highest BCUT2D eigenvalue weighted by Gasteiger charge is 2.19. The van der Waals surface area contributed by atoms with Crippen LogP contribution in [0.2, 0.25) is 0 Å². The van der Waals surface area contributed by atoms with Crippen molar-refractivity contribution in [3.8, 4) is 11.5 Å². The van der Waals surface area contributed by atoms with Gasteiger partial charge in [0.1, 0.15) is 11.5 Å². The molecule has 0 spiro atoms. The van der Waals surface area contributed by atoms with Crippen LogP contribution < -0.4 is 28.1 Å². The molecule has 0 atom stereocenters. The van der Waals surface area contributed by atoms with Gasteiger partial charge in [-0.1, -0.05) is 12.1 Å². The molecule has 0 radical (unpaired) electrons. The van der Waals surface area contributed by atoms with Crippen molar-refractivity contribution in [3.63, 3.8) is 0 Å². The van der Waals surface area contributed by atoms with Crippen LogP contribution in [-0.4, -0.2) is 25.3 Å². The third-order valence-corrected chi connectivity index (χ3v) is 4.91. The monoisotopic (exact) mass is 452 g/mol. The topological polar surface area (TPSA) is 202 Å². The van der Waals surface area contributed by atoms with E-state index in [-0.39, 0.29) is 23.7 Å². The van der Waals surface area contributed by atoms with E-state index in [9.17, 15) is 25.3 Å². The minimum Gasteiger partial charge on any atom is -0.371 e. The molecule has 0 aliphatic heterocycles. The smallest absolute Gasteiger partial charge is 0.371 e. The number of hydrogen-bond donors (Lipinski definition) is 3. The second-order valence-corrected chi connectivity index (χ2v) is 9.12. The first-order chi connectivity index (χ1) is 12.7. The summed E-state index contributed by atoms with van der Waals surface area (Å²) in [5.74, 6) is -0.178. The maximum atomic E-state index is 11.9. The van der Waals surface area contributed by atoms with Gasteiger partial charge in [-0.3, -0.25) is 4.31 Å². The second kappa shape index (κ2) is 7.90. The van der Waals surface area contributed by atoms with Crippen LogP contribution in [0, 0.1) is 0 Å². The lowest BCUT2D eigenvalue weighted by atomic mass is 10.2. The summed E-state index contributed by atoms with van der Waals surface area (Å²) in [6, 6.07) is 10.3. The van der Waals surface area contributed by atoms with E-state index in [2.05, 4.69) is 8.37 Å². The maximum absolute atomic E-state index is 11.9. The van der Waals surface area contributed by atoms with Crippen molar-refractivity contribution < 1.29 is 33.6 Å². The summed E-state index contributed by atoms with van der Waals surface area (Å²) in [4.78, 5) is 0. The van der Waals surface area contributed by atoms with E-state index in [0.29, 0.717) is 5.56 Å². The highest BCUT2D eigenvalue weighted by molar-refractivity contribution is 7.90. The number of hydrogen-bond acceptors (Lipinski definition) is 8. The Morgan fingerprint density at radius 3 is 1.43 bits per heavy atom. The fourth-order valence-electron chi connectivity index (χ4n) is 2.08. The van der Waals surface area contributed by atoms with Crippen LogP contribution in [0.4, 0.5) is 5.69 Å². The van der Waals surface area contributed by atoms with Crippen molar-refractivity contribution >= 4 is 36.5 Å². The molecule has 15 heteroatoms. The molecule has 0 saturated carbocycles. The van der Waals surface area contributed by atoms with Gasteiger partial charge in [0.2, 0.25) is 0 Å². The minimum atomic E-state index is -4.22. The summed E-state index contributed by atoms with van der Waals surface area (Å²) < 4.78 is 77.3. The predicted octanol–water partition coefficient (Wildman–Crippen LogP) is -0.939. The largest absolute Gasteiger partial charge is 0.380 e. The predicted molar refractivity (Wildman–Crippen MR) is 99.6 cm³/mol. The molecular weight excluding hydrogens is 436 g/mol. The Labute approximate surface area is 162 Å². The first-order valence-electron chi connectivity index (χ1n) is 7.17. The molecule has 154 valence electrons. The number of nitrogens with zero attached hydrogens (tertiary/aromatic N) is 1. The average Bonchev–Trinajstić information content (AvgIpc) is 2.51. The summed E-state index contributed by atoms with van der Waals surface area (Å²) in [5.41, 5.74) is 0.565. The molecule has 0 bridgehead atoms. The van der Waals surface area contributed by atoms with Crippen molar-refractivity contribution in [2.45, 2.75) is 6.54 Å². The Bertz CT molecular complexity index is 1150. The molecule has 0 aromatic heterocycles. The molecule has 2 aromatic carbocycles. The van der Waals surface area contributed by atoms with E-state index in [0.717, 1.165) is 4.31 Å². The Hall–Kier alpha value is -2.43. The molecule has 0 unspecified atom stereocenters. The zero-order chi connectivity index (χ0) is 21.2. The van der Waals surface area contributed by atoms with Crippen molar-refractivity contribution in [2.75, 3.05) is 4.31 Å². The second-order valence-electron chi connectivity index (χ2n) is 5.34. The number of nitrogens with two attached hydrogens (primary N) is 3. The van der Waals surface area contributed by atoms with Gasteiger partial charge in [-0.05, 0) is 42.0 Å². The van der Waals surface area contributed by atoms with Gasteiger partial charge in [-0.2, -0.15) is 35.5 Å². The van der Waals surface area contributed by atoms with E-state index in [1.807, 2.05) is 0 Å². The van der Waals surface area contributed by atoms with Gasteiger partial charge < -0.3 is 8.37 Å². The fourth-order valence-corrected chi connectivity index (χ4v) is 3.58. The molecule has 0 saturated heterocycles. The molecule has 0 aliphatic carbocycles. The van der Waals surface area contributed by atoms with E-state index in [1.165, 1.54) is 48.5 Å². The molecule has 2 rings (SSSR count). The van der Waals surface area contributed by atoms with Gasteiger partial charge in [-0.15, -0.1) is 0 Å². The van der Waals surface area contributed by atoms with Gasteiger partial charge in [0.15, 0.2) is 0 Å². The van der Waals surface area contributed by atoms with Crippen LogP contribution in [0.15, 0.2) is 48.5 Å². The normalized spacial score (nSPS) is 12.4. The van der Waals surface area contributed by atoms with Crippen molar-refractivity contribution in [2.24, 2.45) is 15.4 Å². The summed E-state index contributed by atoms with van der Waals surface area (Å²) >= 11 is 0. The number of benzene rings is 2. The third kappa shape index (κ3) is 6.95. The van der Waals surface area contributed by atoms with Crippen molar-refractivity contribution in [3.05, 3.63) is 54.1 Å². The van der Waals surface area contributed by atoms with Gasteiger partial charge in [-0.25, -0.2) is 5.14 Å². The standard InChI is InChI=1S/C13H16N4O8S3/c14-26(18,19)17(11-3-7-13(8-4-11)25-28(16,22)23)9-10-1-5-12(6-2-10)24-27(15,20)21/h1-8H,9H2,(H2,14,18,19)(H2,15,20,21)(H2,16,22,23). The number of rotatable bonds is 8. The first kappa shape index (κ1) is 21.9. The lowest BCUT2D eigenvalue weighted by Gasteiger charge is -2.22. The summed E-state index contributed by atoms with van der Waals surface area (Å²) in [6.07, 6.45) is 0. The molecule has 12 nitrogen and oxygen atoms in total. The summed E-state index contributed by atoms with van der Waals surface area (Å²) in [7, 11) is -12.6. The van der Waals surface area contributed by atoms with Crippen LogP contribution in [0.5, 0.6) is 11.5 Å². The van der Waals surface area contributed by atoms with Crippen LogP contribution in [0.25, 0.3) is 0 Å². The summed E-state index contributed by atoms with van der Waals surface area (Å²) in [6.45, 7) is -0.204. The van der Waals surface area contributed by atoms with E-state index in [4.69, 9.17) is 15.4 Å². The molecule has 28 heavy (non-hydrogen) atoms. The Balaban J connectivity index is 2.25. The number of anilines is 1. The molecule has 0 amide bonds. The lowest BCUT2D eigenvalue weighted by molar-refractivity contribution is 0.485. The minimum absolute atomic E-state index is 0.0575. The quantitative estimate of drug-likeness (QED) is 0.455. The average molecular weight is 452 g/mol. The molecule has 2 aromatic rings. The van der Waals surface area contributed by atoms with E-state index in [1.54, 1.807) is 0 Å². The van der Waals surface area contributed by atoms with Gasteiger partial charge >= 0.3 is 20.6 Å². The highest BCUT2D eigenvalue weighted by atomic mass is 32.2. The molecule has 0 fully saturated rings. The van der Waals surface area contributed by atoms with Crippen LogP contribution in [-0.2, 0) is 37.4 Å². The molecule has 6 N–H and O–H groups in total. The first-order valence-corrected chi connectivity index (χ1v) is 11.6. The maximum Gasteiger partial charge on any atom is 0.380 e. The lowest BCUT2D eigenvalue weighted by Crippen LogP contribution is -2.36. The zero-order valence-corrected chi connectivity index (χ0v) is 16.4. The Kier molecular flexibility index (Phi) is 6.17. The van der Waals surface area contributed by atoms with Gasteiger partial charge in [0.05, 0.1) is 12.2 Å². The third-order valence-electron chi connectivity index (χ3n) is 3.11. The zero-order valence-electron chi connectivity index (χ0n) is 14.0. The van der Waals surface area contributed by atoms with Crippen molar-refractivity contribution in [1.82, 2.24) is 0 Å². The fraction of sp³-hybridized carbons (Fsp3) is 0.0769. The molecule has 0 heterocycles. The van der Waals surface area contributed by atoms with Crippen LogP contribution >= 0.6 is 0 Å². The Morgan fingerprint density at radius 1 is 0.679 bits per heavy atom. The molecule has 0 aliphatic rings. The van der Waals surface area contributed by atoms with Gasteiger partial charge in [0.25, 0.3) is 10.2 Å². The van der Waals surface area contributed by atoms with E-state index >= 15 is 0 Å². The van der Waals surface area contributed by atoms with E-state index < -0.39 is 30.8 Å². The Morgan fingerprint density at radius 2 is 1.07 bits per heavy atom. The van der Waals surface area contributed by atoms with Crippen LogP contribution in [0.1, 0.15) is 5.56 Å². The van der Waals surface area contributed by atoms with Crippen LogP contribution in [0.3, 0.4) is 0 Å². The molecular formula is C13H16N4O8S3. The summed E-state index contributed by atoms with van der Waals surface area (Å²) in [5, 5.41) is 14.8. The SMILES string of the molecule is NS(=O)(=O)Oc1ccc(CN(c2ccc(OS(N)(=O)=O)cc2)S(N)(=O)=O)cc1.